The first kappa shape index (κ1) is 11.4. The average Bonchev–Trinajstić information content (AvgIpc) is 2.30. The van der Waals surface area contributed by atoms with Crippen molar-refractivity contribution in [2.75, 3.05) is 18.0 Å². The minimum atomic E-state index is 1.02. The van der Waals surface area contributed by atoms with Gasteiger partial charge in [0.05, 0.1) is 5.52 Å². The summed E-state index contributed by atoms with van der Waals surface area (Å²) in [5, 5.41) is 1.22. The van der Waals surface area contributed by atoms with E-state index in [0.29, 0.717) is 0 Å². The lowest BCUT2D eigenvalue weighted by molar-refractivity contribution is 0.870. The Bertz CT molecular complexity index is 492. The van der Waals surface area contributed by atoms with E-state index in [1.165, 1.54) is 11.1 Å². The highest BCUT2D eigenvalue weighted by molar-refractivity contribution is 9.10. The van der Waals surface area contributed by atoms with Crippen molar-refractivity contribution in [2.45, 2.75) is 13.8 Å². The summed E-state index contributed by atoms with van der Waals surface area (Å²) in [5.74, 6) is 0. The number of hydrogen-bond donors (Lipinski definition) is 0. The van der Waals surface area contributed by atoms with Crippen molar-refractivity contribution in [1.29, 1.82) is 0 Å². The van der Waals surface area contributed by atoms with Crippen LogP contribution in [-0.4, -0.2) is 18.1 Å². The molecule has 0 aliphatic heterocycles. The number of rotatable bonds is 3. The number of benzene rings is 1. The summed E-state index contributed by atoms with van der Waals surface area (Å²) in [6.07, 6.45) is 1.88. The van der Waals surface area contributed by atoms with Gasteiger partial charge in [0.15, 0.2) is 0 Å². The van der Waals surface area contributed by atoms with Crippen LogP contribution in [-0.2, 0) is 0 Å². The molecule has 0 radical (unpaired) electrons. The first-order valence-corrected chi connectivity index (χ1v) is 6.34. The Labute approximate surface area is 104 Å². The maximum atomic E-state index is 4.40. The Morgan fingerprint density at radius 2 is 1.94 bits per heavy atom. The molecule has 0 aliphatic rings. The lowest BCUT2D eigenvalue weighted by atomic mass is 10.1. The van der Waals surface area contributed by atoms with Crippen LogP contribution in [0.4, 0.5) is 5.69 Å². The molecule has 2 aromatic rings. The largest absolute Gasteiger partial charge is 0.371 e. The van der Waals surface area contributed by atoms with Crippen LogP contribution in [0.3, 0.4) is 0 Å². The molecule has 0 atom stereocenters. The van der Waals surface area contributed by atoms with Gasteiger partial charge in [-0.2, -0.15) is 0 Å². The van der Waals surface area contributed by atoms with Gasteiger partial charge >= 0.3 is 0 Å². The third kappa shape index (κ3) is 2.05. The van der Waals surface area contributed by atoms with E-state index in [1.807, 2.05) is 6.20 Å². The van der Waals surface area contributed by atoms with E-state index < -0.39 is 0 Å². The average molecular weight is 279 g/mol. The molecule has 1 aromatic heterocycles. The van der Waals surface area contributed by atoms with Crippen LogP contribution >= 0.6 is 15.9 Å². The van der Waals surface area contributed by atoms with Gasteiger partial charge < -0.3 is 4.90 Å². The van der Waals surface area contributed by atoms with Crippen molar-refractivity contribution < 1.29 is 0 Å². The Morgan fingerprint density at radius 3 is 2.62 bits per heavy atom. The normalized spacial score (nSPS) is 10.7. The van der Waals surface area contributed by atoms with E-state index in [4.69, 9.17) is 0 Å². The number of aromatic nitrogens is 1. The SMILES string of the molecule is CCN(CC)c1ccnc2cc(Br)ccc12. The number of anilines is 1. The first-order valence-electron chi connectivity index (χ1n) is 5.55. The zero-order valence-corrected chi connectivity index (χ0v) is 11.2. The van der Waals surface area contributed by atoms with Gasteiger partial charge in [0.1, 0.15) is 0 Å². The molecule has 0 saturated heterocycles. The molecule has 84 valence electrons. The maximum absolute atomic E-state index is 4.40. The molecular formula is C13H15BrN2. The predicted molar refractivity (Wildman–Crippen MR) is 73.0 cm³/mol. The Balaban J connectivity index is 2.61. The van der Waals surface area contributed by atoms with Gasteiger partial charge in [0.25, 0.3) is 0 Å². The number of fused-ring (bicyclic) bond motifs is 1. The standard InChI is InChI=1S/C13H15BrN2/c1-3-16(4-2)13-7-8-15-12-9-10(14)5-6-11(12)13/h5-9H,3-4H2,1-2H3. The van der Waals surface area contributed by atoms with Crippen LogP contribution in [0.1, 0.15) is 13.8 Å². The molecular weight excluding hydrogens is 264 g/mol. The highest BCUT2D eigenvalue weighted by atomic mass is 79.9. The van der Waals surface area contributed by atoms with Crippen molar-refractivity contribution in [3.63, 3.8) is 0 Å². The molecule has 3 heteroatoms. The van der Waals surface area contributed by atoms with E-state index in [-0.39, 0.29) is 0 Å². The fourth-order valence-corrected chi connectivity index (χ4v) is 2.30. The van der Waals surface area contributed by atoms with Crippen LogP contribution < -0.4 is 4.90 Å². The van der Waals surface area contributed by atoms with Crippen LogP contribution in [0.5, 0.6) is 0 Å². The summed E-state index contributed by atoms with van der Waals surface area (Å²) in [5.41, 5.74) is 2.31. The Kier molecular flexibility index (Phi) is 3.44. The van der Waals surface area contributed by atoms with Crippen molar-refractivity contribution >= 4 is 32.5 Å². The summed E-state index contributed by atoms with van der Waals surface area (Å²) in [6.45, 7) is 6.39. The zero-order chi connectivity index (χ0) is 11.5. The van der Waals surface area contributed by atoms with Crippen molar-refractivity contribution in [3.05, 3.63) is 34.9 Å². The molecule has 0 aliphatic carbocycles. The minimum absolute atomic E-state index is 1.02. The molecule has 0 N–H and O–H groups in total. The molecule has 0 unspecified atom stereocenters. The van der Waals surface area contributed by atoms with Gasteiger partial charge in [0, 0.05) is 34.8 Å². The highest BCUT2D eigenvalue weighted by Crippen LogP contribution is 2.27. The van der Waals surface area contributed by atoms with Gasteiger partial charge in [-0.05, 0) is 38.1 Å². The lowest BCUT2D eigenvalue weighted by Gasteiger charge is -2.22. The van der Waals surface area contributed by atoms with Gasteiger partial charge in [-0.15, -0.1) is 0 Å². The second-order valence-electron chi connectivity index (χ2n) is 3.66. The third-order valence-electron chi connectivity index (χ3n) is 2.79. The molecule has 2 rings (SSSR count). The van der Waals surface area contributed by atoms with Crippen LogP contribution in [0.25, 0.3) is 10.9 Å². The fourth-order valence-electron chi connectivity index (χ4n) is 1.95. The Morgan fingerprint density at radius 1 is 1.19 bits per heavy atom. The van der Waals surface area contributed by atoms with E-state index in [1.54, 1.807) is 0 Å². The highest BCUT2D eigenvalue weighted by Gasteiger charge is 2.07. The monoisotopic (exact) mass is 278 g/mol. The minimum Gasteiger partial charge on any atom is -0.371 e. The molecule has 1 heterocycles. The molecule has 0 bridgehead atoms. The van der Waals surface area contributed by atoms with Crippen LogP contribution in [0.15, 0.2) is 34.9 Å². The van der Waals surface area contributed by atoms with Crippen molar-refractivity contribution in [2.24, 2.45) is 0 Å². The summed E-state index contributed by atoms with van der Waals surface area (Å²) in [4.78, 5) is 6.74. The van der Waals surface area contributed by atoms with E-state index in [9.17, 15) is 0 Å². The van der Waals surface area contributed by atoms with Crippen LogP contribution in [0, 0.1) is 0 Å². The van der Waals surface area contributed by atoms with Gasteiger partial charge in [0.2, 0.25) is 0 Å². The summed E-state index contributed by atoms with van der Waals surface area (Å²) < 4.78 is 1.07. The topological polar surface area (TPSA) is 16.1 Å². The lowest BCUT2D eigenvalue weighted by Crippen LogP contribution is -2.22. The molecule has 0 saturated carbocycles. The third-order valence-corrected chi connectivity index (χ3v) is 3.28. The van der Waals surface area contributed by atoms with E-state index >= 15 is 0 Å². The van der Waals surface area contributed by atoms with Gasteiger partial charge in [-0.1, -0.05) is 15.9 Å². The number of pyridine rings is 1. The van der Waals surface area contributed by atoms with Crippen molar-refractivity contribution in [1.82, 2.24) is 4.98 Å². The summed E-state index contributed by atoms with van der Waals surface area (Å²) in [6, 6.07) is 8.34. The molecule has 16 heavy (non-hydrogen) atoms. The zero-order valence-electron chi connectivity index (χ0n) is 9.57. The van der Waals surface area contributed by atoms with Crippen LogP contribution in [0.2, 0.25) is 0 Å². The number of nitrogens with zero attached hydrogens (tertiary/aromatic N) is 2. The van der Waals surface area contributed by atoms with Gasteiger partial charge in [-0.25, -0.2) is 0 Å². The molecule has 0 amide bonds. The smallest absolute Gasteiger partial charge is 0.0734 e. The summed E-state index contributed by atoms with van der Waals surface area (Å²) in [7, 11) is 0. The van der Waals surface area contributed by atoms with Crippen molar-refractivity contribution in [3.8, 4) is 0 Å². The fraction of sp³-hybridized carbons (Fsp3) is 0.308. The molecule has 2 nitrogen and oxygen atoms in total. The molecule has 1 aromatic carbocycles. The predicted octanol–water partition coefficient (Wildman–Crippen LogP) is 3.84. The second kappa shape index (κ2) is 4.83. The van der Waals surface area contributed by atoms with Gasteiger partial charge in [-0.3, -0.25) is 4.98 Å². The first-order chi connectivity index (χ1) is 7.76. The molecule has 0 fully saturated rings. The number of halogens is 1. The number of hydrogen-bond acceptors (Lipinski definition) is 2. The molecule has 0 spiro atoms. The Hall–Kier alpha value is -1.09. The van der Waals surface area contributed by atoms with E-state index in [2.05, 4.69) is 63.9 Å². The van der Waals surface area contributed by atoms with E-state index in [0.717, 1.165) is 23.1 Å². The quantitative estimate of drug-likeness (QED) is 0.848. The summed E-state index contributed by atoms with van der Waals surface area (Å²) >= 11 is 3.47. The maximum Gasteiger partial charge on any atom is 0.0734 e. The second-order valence-corrected chi connectivity index (χ2v) is 4.58.